The molecule has 0 saturated carbocycles. The van der Waals surface area contributed by atoms with E-state index in [0.29, 0.717) is 6.79 Å². The van der Waals surface area contributed by atoms with Crippen molar-refractivity contribution in [3.05, 3.63) is 36.2 Å². The summed E-state index contributed by atoms with van der Waals surface area (Å²) in [5.74, 6) is 5.82. The molecule has 2 aliphatic rings. The van der Waals surface area contributed by atoms with Gasteiger partial charge in [0.1, 0.15) is 18.0 Å². The maximum Gasteiger partial charge on any atom is 0.231 e. The Balaban J connectivity index is 1.44. The molecule has 3 heterocycles. The third kappa shape index (κ3) is 3.67. The monoisotopic (exact) mass is 372 g/mol. The van der Waals surface area contributed by atoms with Crippen molar-refractivity contribution in [3.63, 3.8) is 0 Å². The second-order valence-corrected chi connectivity index (χ2v) is 8.39. The Bertz CT molecular complexity index is 778. The first-order valence-electron chi connectivity index (χ1n) is 8.91. The predicted octanol–water partition coefficient (Wildman–Crippen LogP) is 3.15. The number of thioether (sulfide) groups is 1. The van der Waals surface area contributed by atoms with Gasteiger partial charge in [-0.25, -0.2) is 9.97 Å². The summed E-state index contributed by atoms with van der Waals surface area (Å²) in [6.45, 7) is 7.58. The number of ether oxygens (including phenoxy) is 2. The Morgan fingerprint density at radius 2 is 1.92 bits per heavy atom. The van der Waals surface area contributed by atoms with Crippen LogP contribution in [0.2, 0.25) is 0 Å². The lowest BCUT2D eigenvalue weighted by Gasteiger charge is -2.28. The minimum Gasteiger partial charge on any atom is -0.454 e. The third-order valence-electron chi connectivity index (χ3n) is 4.85. The van der Waals surface area contributed by atoms with Crippen molar-refractivity contribution in [2.75, 3.05) is 48.1 Å². The van der Waals surface area contributed by atoms with E-state index in [1.54, 1.807) is 6.33 Å². The number of benzene rings is 1. The van der Waals surface area contributed by atoms with Gasteiger partial charge >= 0.3 is 0 Å². The van der Waals surface area contributed by atoms with Crippen molar-refractivity contribution < 1.29 is 9.47 Å². The number of anilines is 2. The first-order valence-corrected chi connectivity index (χ1v) is 10.1. The summed E-state index contributed by atoms with van der Waals surface area (Å²) < 4.78 is 10.9. The summed E-state index contributed by atoms with van der Waals surface area (Å²) in [5, 5.41) is 3.48. The molecule has 0 atom stereocenters. The van der Waals surface area contributed by atoms with Gasteiger partial charge < -0.3 is 19.7 Å². The summed E-state index contributed by atoms with van der Waals surface area (Å²) in [6.07, 6.45) is 1.65. The Labute approximate surface area is 158 Å². The molecule has 2 aliphatic heterocycles. The molecule has 1 saturated heterocycles. The molecule has 0 amide bonds. The van der Waals surface area contributed by atoms with Crippen LogP contribution in [0.15, 0.2) is 30.6 Å². The summed E-state index contributed by atoms with van der Waals surface area (Å²) in [4.78, 5) is 11.2. The van der Waals surface area contributed by atoms with Gasteiger partial charge in [0.05, 0.1) is 0 Å². The van der Waals surface area contributed by atoms with Crippen LogP contribution in [0.5, 0.6) is 11.5 Å². The van der Waals surface area contributed by atoms with Crippen LogP contribution in [0.3, 0.4) is 0 Å². The van der Waals surface area contributed by atoms with Gasteiger partial charge in [0.25, 0.3) is 0 Å². The molecule has 6 nitrogen and oxygen atoms in total. The van der Waals surface area contributed by atoms with Crippen LogP contribution < -0.4 is 19.7 Å². The first-order chi connectivity index (χ1) is 12.6. The van der Waals surface area contributed by atoms with Crippen molar-refractivity contribution in [3.8, 4) is 11.5 Å². The molecule has 2 aromatic rings. The van der Waals surface area contributed by atoms with Gasteiger partial charge in [-0.1, -0.05) is 19.9 Å². The van der Waals surface area contributed by atoms with Crippen LogP contribution in [0.1, 0.15) is 19.4 Å². The maximum absolute atomic E-state index is 5.51. The molecule has 0 spiro atoms. The number of aromatic nitrogens is 2. The fraction of sp³-hybridized carbons (Fsp3) is 0.474. The molecule has 4 rings (SSSR count). The van der Waals surface area contributed by atoms with E-state index in [0.717, 1.165) is 54.3 Å². The maximum atomic E-state index is 5.51. The minimum absolute atomic E-state index is 0.0755. The van der Waals surface area contributed by atoms with Crippen LogP contribution in [-0.4, -0.2) is 47.9 Å². The van der Waals surface area contributed by atoms with Crippen molar-refractivity contribution in [1.82, 2.24) is 9.97 Å². The van der Waals surface area contributed by atoms with Gasteiger partial charge in [-0.05, 0) is 17.7 Å². The summed E-state index contributed by atoms with van der Waals surface area (Å²) in [7, 11) is 0. The molecule has 0 radical (unpaired) electrons. The van der Waals surface area contributed by atoms with E-state index in [1.807, 2.05) is 23.9 Å². The highest BCUT2D eigenvalue weighted by Gasteiger charge is 2.24. The number of nitrogens with one attached hydrogen (secondary N) is 1. The molecular weight excluding hydrogens is 348 g/mol. The quantitative estimate of drug-likeness (QED) is 0.865. The van der Waals surface area contributed by atoms with E-state index in [2.05, 4.69) is 46.2 Å². The van der Waals surface area contributed by atoms with E-state index >= 15 is 0 Å². The highest BCUT2D eigenvalue weighted by Crippen LogP contribution is 2.36. The van der Waals surface area contributed by atoms with Crippen molar-refractivity contribution in [1.29, 1.82) is 0 Å². The zero-order chi connectivity index (χ0) is 18.0. The van der Waals surface area contributed by atoms with Crippen LogP contribution in [-0.2, 0) is 5.41 Å². The molecule has 0 unspecified atom stereocenters. The molecular formula is C19H24N4O2S. The molecule has 138 valence electrons. The van der Waals surface area contributed by atoms with Crippen molar-refractivity contribution in [2.45, 2.75) is 19.3 Å². The third-order valence-corrected chi connectivity index (χ3v) is 5.80. The van der Waals surface area contributed by atoms with Crippen LogP contribution in [0.4, 0.5) is 11.6 Å². The van der Waals surface area contributed by atoms with Gasteiger partial charge in [0, 0.05) is 42.6 Å². The normalized spacial score (nSPS) is 16.6. The molecule has 1 N–H and O–H groups in total. The average Bonchev–Trinajstić information content (AvgIpc) is 3.15. The fourth-order valence-electron chi connectivity index (χ4n) is 3.14. The van der Waals surface area contributed by atoms with E-state index in [1.165, 1.54) is 5.56 Å². The van der Waals surface area contributed by atoms with E-state index in [9.17, 15) is 0 Å². The summed E-state index contributed by atoms with van der Waals surface area (Å²) in [6, 6.07) is 8.20. The number of nitrogens with zero attached hydrogens (tertiary/aromatic N) is 3. The lowest BCUT2D eigenvalue weighted by atomic mass is 9.84. The lowest BCUT2D eigenvalue weighted by molar-refractivity contribution is 0.174. The largest absolute Gasteiger partial charge is 0.454 e. The highest BCUT2D eigenvalue weighted by atomic mass is 32.2. The van der Waals surface area contributed by atoms with Gasteiger partial charge in [0.2, 0.25) is 6.79 Å². The van der Waals surface area contributed by atoms with Gasteiger partial charge in [-0.15, -0.1) is 0 Å². The molecule has 7 heteroatoms. The zero-order valence-electron chi connectivity index (χ0n) is 15.2. The Morgan fingerprint density at radius 1 is 1.12 bits per heavy atom. The fourth-order valence-corrected chi connectivity index (χ4v) is 4.04. The molecule has 0 bridgehead atoms. The number of fused-ring (bicyclic) bond motifs is 1. The smallest absolute Gasteiger partial charge is 0.231 e. The molecule has 1 aromatic heterocycles. The summed E-state index contributed by atoms with van der Waals surface area (Å²) in [5.41, 5.74) is 1.13. The average molecular weight is 372 g/mol. The number of rotatable bonds is 5. The van der Waals surface area contributed by atoms with E-state index in [-0.39, 0.29) is 5.41 Å². The minimum atomic E-state index is -0.0755. The molecule has 1 fully saturated rings. The highest BCUT2D eigenvalue weighted by molar-refractivity contribution is 7.99. The predicted molar refractivity (Wildman–Crippen MR) is 106 cm³/mol. The van der Waals surface area contributed by atoms with E-state index < -0.39 is 0 Å². The number of hydrogen-bond acceptors (Lipinski definition) is 7. The van der Waals surface area contributed by atoms with Crippen molar-refractivity contribution in [2.24, 2.45) is 0 Å². The topological polar surface area (TPSA) is 59.5 Å². The lowest BCUT2D eigenvalue weighted by Crippen LogP contribution is -2.33. The van der Waals surface area contributed by atoms with Crippen LogP contribution in [0, 0.1) is 0 Å². The number of hydrogen-bond donors (Lipinski definition) is 1. The molecule has 26 heavy (non-hydrogen) atoms. The standard InChI is InChI=1S/C19H24N4O2S/c1-19(2,14-3-4-15-16(9-14)25-13-24-15)11-20-17-10-18(22-12-21-17)23-5-7-26-8-6-23/h3-4,9-10,12H,5-8,11,13H2,1-2H3,(H,20,21,22). The van der Waals surface area contributed by atoms with E-state index in [4.69, 9.17) is 9.47 Å². The zero-order valence-corrected chi connectivity index (χ0v) is 16.0. The Morgan fingerprint density at radius 3 is 2.77 bits per heavy atom. The van der Waals surface area contributed by atoms with Crippen molar-refractivity contribution >= 4 is 23.4 Å². The van der Waals surface area contributed by atoms with Gasteiger partial charge in [-0.2, -0.15) is 11.8 Å². The summed E-state index contributed by atoms with van der Waals surface area (Å²) >= 11 is 2.00. The van der Waals surface area contributed by atoms with Crippen LogP contribution >= 0.6 is 11.8 Å². The SMILES string of the molecule is CC(C)(CNc1cc(N2CCSCC2)ncn1)c1ccc2c(c1)OCO2. The van der Waals surface area contributed by atoms with Crippen LogP contribution in [0.25, 0.3) is 0 Å². The Hall–Kier alpha value is -2.15. The van der Waals surface area contributed by atoms with Gasteiger partial charge in [-0.3, -0.25) is 0 Å². The second kappa shape index (κ2) is 7.23. The Kier molecular flexibility index (Phi) is 4.80. The molecule has 0 aliphatic carbocycles. The molecule has 1 aromatic carbocycles. The van der Waals surface area contributed by atoms with Gasteiger partial charge in [0.15, 0.2) is 11.5 Å². The second-order valence-electron chi connectivity index (χ2n) is 7.17. The first kappa shape index (κ1) is 17.3.